The number of Topliss-reactive ketones (excluding diaryl/α,β-unsaturated/α-hetero) is 1. The molecular weight excluding hydrogens is 373 g/mol. The van der Waals surface area contributed by atoms with Gasteiger partial charge < -0.3 is 15.1 Å². The van der Waals surface area contributed by atoms with E-state index in [9.17, 15) is 9.59 Å². The molecule has 0 aliphatic carbocycles. The molecule has 1 N–H and O–H groups in total. The zero-order chi connectivity index (χ0) is 18.7. The highest BCUT2D eigenvalue weighted by molar-refractivity contribution is 6.35. The van der Waals surface area contributed by atoms with Gasteiger partial charge in [0.2, 0.25) is 0 Å². The molecule has 3 rings (SSSR count). The lowest BCUT2D eigenvalue weighted by atomic mass is 10.1. The normalized spacial score (nSPS) is 14.3. The molecular formula is C19H19Cl2N3O2. The van der Waals surface area contributed by atoms with Gasteiger partial charge in [-0.15, -0.1) is 0 Å². The van der Waals surface area contributed by atoms with Crippen molar-refractivity contribution in [2.24, 2.45) is 0 Å². The number of amides is 2. The van der Waals surface area contributed by atoms with Gasteiger partial charge in [-0.3, -0.25) is 4.79 Å². The fourth-order valence-electron chi connectivity index (χ4n) is 2.90. The molecule has 7 heteroatoms. The summed E-state index contributed by atoms with van der Waals surface area (Å²) in [6.07, 6.45) is 0. The maximum atomic E-state index is 12.5. The molecule has 2 aromatic carbocycles. The van der Waals surface area contributed by atoms with Crippen molar-refractivity contribution in [3.05, 3.63) is 58.1 Å². The molecule has 0 bridgehead atoms. The summed E-state index contributed by atoms with van der Waals surface area (Å²) in [6, 6.07) is 12.1. The average molecular weight is 392 g/mol. The minimum atomic E-state index is -0.178. The molecule has 5 nitrogen and oxygen atoms in total. The number of rotatable bonds is 3. The summed E-state index contributed by atoms with van der Waals surface area (Å²) in [5.74, 6) is -0.0342. The number of halogens is 2. The van der Waals surface area contributed by atoms with Crippen molar-refractivity contribution in [2.45, 2.75) is 6.92 Å². The lowest BCUT2D eigenvalue weighted by molar-refractivity contribution is 0.101. The predicted molar refractivity (Wildman–Crippen MR) is 106 cm³/mol. The zero-order valence-corrected chi connectivity index (χ0v) is 15.8. The maximum Gasteiger partial charge on any atom is 0.321 e. The highest BCUT2D eigenvalue weighted by atomic mass is 35.5. The molecule has 0 atom stereocenters. The van der Waals surface area contributed by atoms with Crippen LogP contribution in [0, 0.1) is 0 Å². The number of nitrogens with one attached hydrogen (secondary N) is 1. The SMILES string of the molecule is CC(=O)c1cccc(NC(=O)N2CCN(c3cc(Cl)ccc3Cl)CC2)c1. The Labute approximate surface area is 162 Å². The van der Waals surface area contributed by atoms with Crippen LogP contribution in [-0.4, -0.2) is 42.9 Å². The molecule has 136 valence electrons. The molecule has 0 unspecified atom stereocenters. The van der Waals surface area contributed by atoms with Crippen molar-refractivity contribution in [2.75, 3.05) is 36.4 Å². The second-order valence-corrected chi connectivity index (χ2v) is 6.98. The van der Waals surface area contributed by atoms with Crippen LogP contribution in [0.15, 0.2) is 42.5 Å². The molecule has 0 aromatic heterocycles. The van der Waals surface area contributed by atoms with Crippen molar-refractivity contribution in [3.8, 4) is 0 Å². The van der Waals surface area contributed by atoms with E-state index in [2.05, 4.69) is 10.2 Å². The molecule has 2 amide bonds. The molecule has 0 spiro atoms. The third-order valence-electron chi connectivity index (χ3n) is 4.34. The van der Waals surface area contributed by atoms with Gasteiger partial charge in [-0.2, -0.15) is 0 Å². The monoisotopic (exact) mass is 391 g/mol. The van der Waals surface area contributed by atoms with Gasteiger partial charge >= 0.3 is 6.03 Å². The number of hydrogen-bond acceptors (Lipinski definition) is 3. The number of nitrogens with zero attached hydrogens (tertiary/aromatic N) is 2. The summed E-state index contributed by atoms with van der Waals surface area (Å²) in [4.78, 5) is 27.8. The van der Waals surface area contributed by atoms with E-state index in [1.165, 1.54) is 6.92 Å². The Bertz CT molecular complexity index is 833. The number of hydrogen-bond donors (Lipinski definition) is 1. The summed E-state index contributed by atoms with van der Waals surface area (Å²) < 4.78 is 0. The first-order chi connectivity index (χ1) is 12.4. The number of carbonyl (C=O) groups is 2. The van der Waals surface area contributed by atoms with Crippen LogP contribution in [0.3, 0.4) is 0 Å². The Hall–Kier alpha value is -2.24. The Balaban J connectivity index is 1.61. The number of anilines is 2. The number of urea groups is 1. The summed E-state index contributed by atoms with van der Waals surface area (Å²) in [5, 5.41) is 4.13. The van der Waals surface area contributed by atoms with Crippen molar-refractivity contribution in [1.29, 1.82) is 0 Å². The largest absolute Gasteiger partial charge is 0.367 e. The Kier molecular flexibility index (Phi) is 5.69. The van der Waals surface area contributed by atoms with Gasteiger partial charge in [-0.25, -0.2) is 4.79 Å². The fraction of sp³-hybridized carbons (Fsp3) is 0.263. The molecule has 0 saturated carbocycles. The van der Waals surface area contributed by atoms with E-state index < -0.39 is 0 Å². The van der Waals surface area contributed by atoms with Crippen LogP contribution in [0.25, 0.3) is 0 Å². The summed E-state index contributed by atoms with van der Waals surface area (Å²) in [5.41, 5.74) is 2.07. The van der Waals surface area contributed by atoms with Gasteiger partial charge in [0.1, 0.15) is 0 Å². The zero-order valence-electron chi connectivity index (χ0n) is 14.3. The minimum Gasteiger partial charge on any atom is -0.367 e. The van der Waals surface area contributed by atoms with E-state index >= 15 is 0 Å². The molecule has 1 aliphatic heterocycles. The highest BCUT2D eigenvalue weighted by Crippen LogP contribution is 2.29. The summed E-state index contributed by atoms with van der Waals surface area (Å²) in [7, 11) is 0. The maximum absolute atomic E-state index is 12.5. The highest BCUT2D eigenvalue weighted by Gasteiger charge is 2.22. The molecule has 2 aromatic rings. The van der Waals surface area contributed by atoms with Crippen LogP contribution in [0.1, 0.15) is 17.3 Å². The van der Waals surface area contributed by atoms with Crippen LogP contribution in [0.5, 0.6) is 0 Å². The third-order valence-corrected chi connectivity index (χ3v) is 4.89. The van der Waals surface area contributed by atoms with Crippen molar-refractivity contribution in [3.63, 3.8) is 0 Å². The van der Waals surface area contributed by atoms with Gasteiger partial charge in [0.05, 0.1) is 10.7 Å². The molecule has 1 aliphatic rings. The smallest absolute Gasteiger partial charge is 0.321 e. The Morgan fingerprint density at radius 2 is 1.73 bits per heavy atom. The van der Waals surface area contributed by atoms with Crippen molar-refractivity contribution >= 4 is 46.4 Å². The predicted octanol–water partition coefficient (Wildman–Crippen LogP) is 4.55. The van der Waals surface area contributed by atoms with Gasteiger partial charge in [-0.1, -0.05) is 35.3 Å². The third kappa shape index (κ3) is 4.29. The Morgan fingerprint density at radius 1 is 1.00 bits per heavy atom. The van der Waals surface area contributed by atoms with E-state index in [1.807, 2.05) is 6.07 Å². The van der Waals surface area contributed by atoms with Gasteiger partial charge in [0, 0.05) is 42.5 Å². The second kappa shape index (κ2) is 7.98. The number of benzene rings is 2. The van der Waals surface area contributed by atoms with E-state index in [-0.39, 0.29) is 11.8 Å². The Morgan fingerprint density at radius 3 is 2.42 bits per heavy atom. The quantitative estimate of drug-likeness (QED) is 0.780. The average Bonchev–Trinajstić information content (AvgIpc) is 2.64. The summed E-state index contributed by atoms with van der Waals surface area (Å²) >= 11 is 12.3. The topological polar surface area (TPSA) is 52.7 Å². The number of piperazine rings is 1. The molecule has 1 fully saturated rings. The van der Waals surface area contributed by atoms with E-state index in [0.29, 0.717) is 47.5 Å². The van der Waals surface area contributed by atoms with Gasteiger partial charge in [0.15, 0.2) is 5.78 Å². The fourth-order valence-corrected chi connectivity index (χ4v) is 3.30. The van der Waals surface area contributed by atoms with Crippen LogP contribution >= 0.6 is 23.2 Å². The van der Waals surface area contributed by atoms with Crippen LogP contribution < -0.4 is 10.2 Å². The van der Waals surface area contributed by atoms with Crippen LogP contribution in [0.2, 0.25) is 10.0 Å². The van der Waals surface area contributed by atoms with Crippen molar-refractivity contribution in [1.82, 2.24) is 4.90 Å². The van der Waals surface area contributed by atoms with Gasteiger partial charge in [-0.05, 0) is 37.3 Å². The van der Waals surface area contributed by atoms with E-state index in [4.69, 9.17) is 23.2 Å². The second-order valence-electron chi connectivity index (χ2n) is 6.14. The molecule has 1 heterocycles. The molecule has 26 heavy (non-hydrogen) atoms. The lowest BCUT2D eigenvalue weighted by Crippen LogP contribution is -2.50. The standard InChI is InChI=1S/C19H19Cl2N3O2/c1-13(25)14-3-2-4-16(11-14)22-19(26)24-9-7-23(8-10-24)18-12-15(20)5-6-17(18)21/h2-6,11-12H,7-10H2,1H3,(H,22,26). The number of carbonyl (C=O) groups excluding carboxylic acids is 2. The first-order valence-corrected chi connectivity index (χ1v) is 9.06. The number of ketones is 1. The first-order valence-electron chi connectivity index (χ1n) is 8.31. The molecule has 0 radical (unpaired) electrons. The van der Waals surface area contributed by atoms with Crippen molar-refractivity contribution < 1.29 is 9.59 Å². The lowest BCUT2D eigenvalue weighted by Gasteiger charge is -2.36. The van der Waals surface area contributed by atoms with E-state index in [0.717, 1.165) is 5.69 Å². The summed E-state index contributed by atoms with van der Waals surface area (Å²) in [6.45, 7) is 3.98. The first kappa shape index (κ1) is 18.5. The van der Waals surface area contributed by atoms with E-state index in [1.54, 1.807) is 41.3 Å². The van der Waals surface area contributed by atoms with Gasteiger partial charge in [0.25, 0.3) is 0 Å². The van der Waals surface area contributed by atoms with Crippen LogP contribution in [0.4, 0.5) is 16.2 Å². The van der Waals surface area contributed by atoms with Crippen LogP contribution in [-0.2, 0) is 0 Å². The molecule has 1 saturated heterocycles. The minimum absolute atomic E-state index is 0.0342.